The number of carbonyl (C=O) groups excluding carboxylic acids is 1. The van der Waals surface area contributed by atoms with E-state index in [1.54, 1.807) is 20.8 Å². The predicted octanol–water partition coefficient (Wildman–Crippen LogP) is 2.59. The maximum atomic E-state index is 16.8. The lowest BCUT2D eigenvalue weighted by molar-refractivity contribution is -0.237. The fourth-order valence-corrected chi connectivity index (χ4v) is 7.35. The summed E-state index contributed by atoms with van der Waals surface area (Å²) in [6, 6.07) is 0. The van der Waals surface area contributed by atoms with Crippen LogP contribution < -0.4 is 0 Å². The number of halogens is 2. The smallest absolute Gasteiger partial charge is 0.336 e. The summed E-state index contributed by atoms with van der Waals surface area (Å²) < 4.78 is 32.0. The van der Waals surface area contributed by atoms with Crippen LogP contribution >= 0.6 is 0 Å². The molecule has 3 fully saturated rings. The fraction of sp³-hybridized carbons (Fsp3) is 0.810. The van der Waals surface area contributed by atoms with Crippen LogP contribution in [-0.4, -0.2) is 50.6 Å². The maximum absolute atomic E-state index is 16.8. The first-order valence-electron chi connectivity index (χ1n) is 10.1. The molecule has 0 heterocycles. The van der Waals surface area contributed by atoms with Crippen molar-refractivity contribution in [2.75, 3.05) is 0 Å². The Morgan fingerprint density at radius 2 is 1.89 bits per heavy atom. The highest BCUT2D eigenvalue weighted by molar-refractivity contribution is 5.92. The molecule has 0 aliphatic heterocycles. The number of hydrogen-bond acceptors (Lipinski definition) is 4. The minimum absolute atomic E-state index is 0.0925. The fourth-order valence-electron chi connectivity index (χ4n) is 7.35. The molecule has 0 bridgehead atoms. The van der Waals surface area contributed by atoms with Crippen LogP contribution in [0.5, 0.6) is 0 Å². The minimum atomic E-state index is -2.17. The molecule has 0 aromatic carbocycles. The molecule has 0 amide bonds. The van der Waals surface area contributed by atoms with Crippen LogP contribution in [0, 0.1) is 28.6 Å². The van der Waals surface area contributed by atoms with Gasteiger partial charge in [0, 0.05) is 23.2 Å². The average molecular weight is 398 g/mol. The van der Waals surface area contributed by atoms with Crippen LogP contribution in [0.15, 0.2) is 11.6 Å². The number of allylic oxidation sites excluding steroid dienone is 1. The number of aliphatic hydroxyl groups is 2. The molecule has 4 unspecified atom stereocenters. The number of fused-ring (bicyclic) bond motifs is 5. The number of aliphatic carboxylic acids is 1. The number of ketones is 1. The number of carboxylic acids is 1. The van der Waals surface area contributed by atoms with Gasteiger partial charge in [0.05, 0.1) is 6.10 Å². The van der Waals surface area contributed by atoms with E-state index in [-0.39, 0.29) is 43.5 Å². The number of hydrogen-bond donors (Lipinski definition) is 3. The zero-order valence-electron chi connectivity index (χ0n) is 16.4. The second-order valence-corrected chi connectivity index (χ2v) is 9.93. The summed E-state index contributed by atoms with van der Waals surface area (Å²) in [5.74, 6) is -3.77. The number of rotatable bonds is 1. The van der Waals surface area contributed by atoms with Crippen molar-refractivity contribution in [1.29, 1.82) is 0 Å². The molecule has 3 N–H and O–H groups in total. The first-order valence-corrected chi connectivity index (χ1v) is 10.1. The summed E-state index contributed by atoms with van der Waals surface area (Å²) in [5.41, 5.74) is -6.75. The van der Waals surface area contributed by atoms with Crippen molar-refractivity contribution < 1.29 is 33.7 Å². The van der Waals surface area contributed by atoms with Gasteiger partial charge in [-0.1, -0.05) is 20.8 Å². The molecule has 4 aliphatic rings. The van der Waals surface area contributed by atoms with Crippen LogP contribution in [0.4, 0.5) is 8.78 Å². The monoisotopic (exact) mass is 398 g/mol. The molecule has 3 saturated carbocycles. The first-order chi connectivity index (χ1) is 12.8. The lowest BCUT2D eigenvalue weighted by Crippen LogP contribution is -2.71. The number of carboxylic acid groups (broad SMARTS) is 1. The van der Waals surface area contributed by atoms with Crippen LogP contribution in [-0.2, 0) is 9.59 Å². The molecule has 5 nitrogen and oxygen atoms in total. The SMILES string of the molecule is CC1C[C@H]2[C@@H]3CC(F)C4=CC(=O)CC[C@]4(C)[C@]3(F)C(O)C[C@]2(C)C1(O)C(=O)O. The van der Waals surface area contributed by atoms with Gasteiger partial charge in [0.1, 0.15) is 11.8 Å². The third-order valence-electron chi connectivity index (χ3n) is 8.93. The number of alkyl halides is 2. The molecule has 0 aromatic rings. The van der Waals surface area contributed by atoms with Gasteiger partial charge in [-0.15, -0.1) is 0 Å². The summed E-state index contributed by atoms with van der Waals surface area (Å²) >= 11 is 0. The topological polar surface area (TPSA) is 94.8 Å². The van der Waals surface area contributed by atoms with E-state index < -0.39 is 58.1 Å². The van der Waals surface area contributed by atoms with E-state index in [0.29, 0.717) is 0 Å². The second-order valence-electron chi connectivity index (χ2n) is 9.93. The lowest BCUT2D eigenvalue weighted by Gasteiger charge is -2.63. The number of carbonyl (C=O) groups is 2. The van der Waals surface area contributed by atoms with Crippen LogP contribution in [0.25, 0.3) is 0 Å². The molecular weight excluding hydrogens is 370 g/mol. The maximum Gasteiger partial charge on any atom is 0.336 e. The first kappa shape index (κ1) is 20.0. The van der Waals surface area contributed by atoms with Crippen molar-refractivity contribution in [3.8, 4) is 0 Å². The van der Waals surface area contributed by atoms with E-state index in [2.05, 4.69) is 0 Å². The van der Waals surface area contributed by atoms with Gasteiger partial charge in [0.2, 0.25) is 0 Å². The second kappa shape index (κ2) is 5.63. The van der Waals surface area contributed by atoms with Crippen molar-refractivity contribution in [2.45, 2.75) is 76.4 Å². The summed E-state index contributed by atoms with van der Waals surface area (Å²) in [7, 11) is 0. The predicted molar refractivity (Wildman–Crippen MR) is 95.9 cm³/mol. The zero-order valence-corrected chi connectivity index (χ0v) is 16.4. The Kier molecular flexibility index (Phi) is 4.01. The third kappa shape index (κ3) is 1.97. The number of aliphatic hydroxyl groups excluding tert-OH is 1. The molecule has 0 radical (unpaired) electrons. The lowest BCUT2D eigenvalue weighted by atomic mass is 9.43. The quantitative estimate of drug-likeness (QED) is 0.631. The molecule has 0 saturated heterocycles. The molecule has 4 rings (SSSR count). The molecule has 0 aromatic heterocycles. The van der Waals surface area contributed by atoms with Crippen molar-refractivity contribution >= 4 is 11.8 Å². The van der Waals surface area contributed by atoms with Crippen molar-refractivity contribution in [3.63, 3.8) is 0 Å². The van der Waals surface area contributed by atoms with Crippen LogP contribution in [0.3, 0.4) is 0 Å². The molecule has 0 spiro atoms. The van der Waals surface area contributed by atoms with Gasteiger partial charge in [-0.2, -0.15) is 0 Å². The highest BCUT2D eigenvalue weighted by atomic mass is 19.1. The Morgan fingerprint density at radius 1 is 1.25 bits per heavy atom. The van der Waals surface area contributed by atoms with Crippen LogP contribution in [0.1, 0.15) is 52.9 Å². The zero-order chi connectivity index (χ0) is 20.9. The van der Waals surface area contributed by atoms with E-state index in [4.69, 9.17) is 0 Å². The van der Waals surface area contributed by atoms with Crippen LogP contribution in [0.2, 0.25) is 0 Å². The van der Waals surface area contributed by atoms with E-state index in [9.17, 15) is 24.9 Å². The molecule has 156 valence electrons. The van der Waals surface area contributed by atoms with Crippen molar-refractivity contribution in [1.82, 2.24) is 0 Å². The Morgan fingerprint density at radius 3 is 2.50 bits per heavy atom. The summed E-state index contributed by atoms with van der Waals surface area (Å²) in [4.78, 5) is 23.8. The molecule has 4 aliphatic carbocycles. The highest BCUT2D eigenvalue weighted by Gasteiger charge is 2.77. The summed E-state index contributed by atoms with van der Waals surface area (Å²) in [6.07, 6.45) is -1.84. The molecule has 7 heteroatoms. The van der Waals surface area contributed by atoms with Gasteiger partial charge in [0.15, 0.2) is 11.4 Å². The van der Waals surface area contributed by atoms with Crippen molar-refractivity contribution in [3.05, 3.63) is 11.6 Å². The van der Waals surface area contributed by atoms with Gasteiger partial charge in [-0.3, -0.25) is 4.79 Å². The Hall–Kier alpha value is -1.34. The van der Waals surface area contributed by atoms with E-state index >= 15 is 8.78 Å². The van der Waals surface area contributed by atoms with Crippen molar-refractivity contribution in [2.24, 2.45) is 28.6 Å². The van der Waals surface area contributed by atoms with Gasteiger partial charge < -0.3 is 15.3 Å². The highest BCUT2D eigenvalue weighted by Crippen LogP contribution is 2.71. The minimum Gasteiger partial charge on any atom is -0.479 e. The van der Waals surface area contributed by atoms with E-state index in [1.165, 1.54) is 6.08 Å². The van der Waals surface area contributed by atoms with E-state index in [1.807, 2.05) is 0 Å². The average Bonchev–Trinajstić information content (AvgIpc) is 2.81. The van der Waals surface area contributed by atoms with Gasteiger partial charge >= 0.3 is 5.97 Å². The van der Waals surface area contributed by atoms with Gasteiger partial charge in [-0.25, -0.2) is 13.6 Å². The van der Waals surface area contributed by atoms with Gasteiger partial charge in [-0.05, 0) is 49.2 Å². The molecule has 28 heavy (non-hydrogen) atoms. The Balaban J connectivity index is 1.87. The summed E-state index contributed by atoms with van der Waals surface area (Å²) in [6.45, 7) is 4.78. The third-order valence-corrected chi connectivity index (χ3v) is 8.93. The standard InChI is InChI=1S/C21H28F2O5/c1-10-6-12-13-8-15(22)14-7-11(24)4-5-18(14,2)20(13,23)16(25)9-19(12,3)21(10,28)17(26)27/h7,10,12-13,15-16,25,28H,4-6,8-9H2,1-3H3,(H,26,27)/t10?,12-,13-,15?,16?,18-,19-,20+,21?/m0/s1. The normalized spacial score (nSPS) is 55.8. The Labute approximate surface area is 162 Å². The van der Waals surface area contributed by atoms with Gasteiger partial charge in [0.25, 0.3) is 0 Å². The Bertz CT molecular complexity index is 783. The summed E-state index contributed by atoms with van der Waals surface area (Å²) in [5, 5.41) is 31.9. The largest absolute Gasteiger partial charge is 0.479 e. The molecule has 9 atom stereocenters. The van der Waals surface area contributed by atoms with E-state index in [0.717, 1.165) is 0 Å². The molecular formula is C21H28F2O5.